The van der Waals surface area contributed by atoms with Crippen LogP contribution in [-0.4, -0.2) is 11.1 Å². The van der Waals surface area contributed by atoms with Crippen LogP contribution in [0.2, 0.25) is 0 Å². The Bertz CT molecular complexity index is 1510. The van der Waals surface area contributed by atoms with E-state index in [4.69, 9.17) is 0 Å². The van der Waals surface area contributed by atoms with Gasteiger partial charge in [0.05, 0.1) is 8.47 Å². The molecule has 0 aromatic heterocycles. The molecule has 31 heavy (non-hydrogen) atoms. The number of rotatable bonds is 2. The van der Waals surface area contributed by atoms with Gasteiger partial charge in [-0.2, -0.15) is 5.26 Å². The summed E-state index contributed by atoms with van der Waals surface area (Å²) in [6, 6.07) is 16.2. The molecule has 2 heterocycles. The molecular formula is C24H13NO2S4. The van der Waals surface area contributed by atoms with Crippen molar-refractivity contribution in [3.05, 3.63) is 85.7 Å². The Labute approximate surface area is 195 Å². The summed E-state index contributed by atoms with van der Waals surface area (Å²) in [5, 5.41) is 33.7. The molecule has 2 aliphatic rings. The smallest absolute Gasteiger partial charge is 0.346 e. The number of hydrogen-bond donors (Lipinski definition) is 1. The molecule has 0 unspecified atom stereocenters. The fourth-order valence-electron chi connectivity index (χ4n) is 3.68. The molecule has 0 saturated heterocycles. The fourth-order valence-corrected chi connectivity index (χ4v) is 7.53. The number of nitrogens with zero attached hydrogens (tertiary/aromatic N) is 1. The largest absolute Gasteiger partial charge is 0.477 e. The summed E-state index contributed by atoms with van der Waals surface area (Å²) in [6.07, 6.45) is 1.44. The summed E-state index contributed by atoms with van der Waals surface area (Å²) >= 11 is 6.84. The molecule has 1 N–H and O–H groups in total. The number of nitriles is 1. The van der Waals surface area contributed by atoms with Crippen LogP contribution in [0.1, 0.15) is 5.56 Å². The fraction of sp³-hybridized carbons (Fsp3) is 0. The molecule has 0 fully saturated rings. The van der Waals surface area contributed by atoms with Gasteiger partial charge in [-0.1, -0.05) is 83.4 Å². The zero-order valence-electron chi connectivity index (χ0n) is 15.9. The molecule has 7 heteroatoms. The van der Waals surface area contributed by atoms with E-state index in [2.05, 4.69) is 45.9 Å². The third kappa shape index (κ3) is 3.70. The van der Waals surface area contributed by atoms with Crippen molar-refractivity contribution < 1.29 is 9.90 Å². The molecule has 0 bridgehead atoms. The van der Waals surface area contributed by atoms with Crippen LogP contribution in [0.3, 0.4) is 0 Å². The Morgan fingerprint density at radius 2 is 1.32 bits per heavy atom. The van der Waals surface area contributed by atoms with E-state index < -0.39 is 5.97 Å². The van der Waals surface area contributed by atoms with Gasteiger partial charge in [-0.3, -0.25) is 0 Å². The van der Waals surface area contributed by atoms with Crippen LogP contribution >= 0.6 is 47.0 Å². The maximum atomic E-state index is 11.4. The van der Waals surface area contributed by atoms with Crippen molar-refractivity contribution in [3.63, 3.8) is 0 Å². The van der Waals surface area contributed by atoms with Crippen LogP contribution in [0.5, 0.6) is 0 Å². The van der Waals surface area contributed by atoms with Gasteiger partial charge in [0, 0.05) is 10.4 Å². The predicted octanol–water partition coefficient (Wildman–Crippen LogP) is 6.02. The molecule has 3 nitrogen and oxygen atoms in total. The van der Waals surface area contributed by atoms with Crippen molar-refractivity contribution in [2.75, 3.05) is 0 Å². The monoisotopic (exact) mass is 475 g/mol. The Balaban J connectivity index is 1.98. The molecule has 0 aliphatic carbocycles. The average molecular weight is 476 g/mol. The molecule has 150 valence electrons. The first-order chi connectivity index (χ1) is 15.2. The van der Waals surface area contributed by atoms with E-state index in [1.165, 1.54) is 30.5 Å². The van der Waals surface area contributed by atoms with Gasteiger partial charge in [0.1, 0.15) is 11.6 Å². The van der Waals surface area contributed by atoms with E-state index >= 15 is 0 Å². The summed E-state index contributed by atoms with van der Waals surface area (Å²) in [4.78, 5) is 11.4. The van der Waals surface area contributed by atoms with E-state index in [0.29, 0.717) is 5.56 Å². The van der Waals surface area contributed by atoms with Crippen LogP contribution < -0.4 is 10.4 Å². The molecule has 0 spiro atoms. The van der Waals surface area contributed by atoms with Gasteiger partial charge in [-0.25, -0.2) is 4.79 Å². The summed E-state index contributed by atoms with van der Waals surface area (Å²) in [5.41, 5.74) is 0.423. The predicted molar refractivity (Wildman–Crippen MR) is 137 cm³/mol. The number of carboxylic acid groups (broad SMARTS) is 1. The lowest BCUT2D eigenvalue weighted by atomic mass is 9.97. The Kier molecular flexibility index (Phi) is 5.63. The summed E-state index contributed by atoms with van der Waals surface area (Å²) in [7, 11) is 0. The van der Waals surface area contributed by atoms with E-state index in [0.717, 1.165) is 16.0 Å². The highest BCUT2D eigenvalue weighted by Gasteiger charge is 2.16. The standard InChI is InChI=1S/C24H13NO2S4/c25-13-15(22(26)27)11-14-5-6-18-19(12-14)21(24-30-9-10-31-24)17-4-2-1-3-16(17)20(18)23-28-7-8-29-23/h1-12H,(H,26,27)/b15-11+. The lowest BCUT2D eigenvalue weighted by molar-refractivity contribution is -0.132. The van der Waals surface area contributed by atoms with Gasteiger partial charge in [0.25, 0.3) is 0 Å². The number of thioether (sulfide) groups is 4. The van der Waals surface area contributed by atoms with E-state index in [1.54, 1.807) is 53.1 Å². The molecule has 3 aromatic carbocycles. The number of carbonyl (C=O) groups is 1. The highest BCUT2D eigenvalue weighted by molar-refractivity contribution is 8.35. The number of aliphatic carboxylic acids is 1. The van der Waals surface area contributed by atoms with Gasteiger partial charge in [0.15, 0.2) is 0 Å². The number of carboxylic acids is 1. The highest BCUT2D eigenvalue weighted by atomic mass is 32.2. The summed E-state index contributed by atoms with van der Waals surface area (Å²) < 4.78 is 2.43. The topological polar surface area (TPSA) is 61.1 Å². The Morgan fingerprint density at radius 1 is 0.806 bits per heavy atom. The lowest BCUT2D eigenvalue weighted by Crippen LogP contribution is -2.17. The van der Waals surface area contributed by atoms with Gasteiger partial charge in [-0.15, -0.1) is 0 Å². The average Bonchev–Trinajstić information content (AvgIpc) is 3.50. The number of hydrogen-bond acceptors (Lipinski definition) is 6. The molecule has 0 atom stereocenters. The normalized spacial score (nSPS) is 15.9. The molecule has 0 amide bonds. The van der Waals surface area contributed by atoms with Gasteiger partial charge in [-0.05, 0) is 60.9 Å². The maximum Gasteiger partial charge on any atom is 0.346 e. The van der Waals surface area contributed by atoms with Gasteiger partial charge < -0.3 is 5.11 Å². The van der Waals surface area contributed by atoms with Crippen molar-refractivity contribution >= 4 is 89.1 Å². The highest BCUT2D eigenvalue weighted by Crippen LogP contribution is 2.41. The van der Waals surface area contributed by atoms with Crippen molar-refractivity contribution in [3.8, 4) is 6.07 Å². The quantitative estimate of drug-likeness (QED) is 0.276. The van der Waals surface area contributed by atoms with E-state index in [1.807, 2.05) is 18.2 Å². The minimum absolute atomic E-state index is 0.277. The summed E-state index contributed by atoms with van der Waals surface area (Å²) in [5.74, 6) is -1.22. The van der Waals surface area contributed by atoms with Crippen molar-refractivity contribution in [1.82, 2.24) is 0 Å². The maximum absolute atomic E-state index is 11.4. The minimum Gasteiger partial charge on any atom is -0.477 e. The molecular weight excluding hydrogens is 463 g/mol. The van der Waals surface area contributed by atoms with Crippen molar-refractivity contribution in [2.45, 2.75) is 0 Å². The van der Waals surface area contributed by atoms with Crippen molar-refractivity contribution in [2.24, 2.45) is 0 Å². The van der Waals surface area contributed by atoms with Crippen LogP contribution in [-0.2, 0) is 4.79 Å². The summed E-state index contributed by atoms with van der Waals surface area (Å²) in [6.45, 7) is 0. The Morgan fingerprint density at radius 3 is 1.84 bits per heavy atom. The minimum atomic E-state index is -1.22. The van der Waals surface area contributed by atoms with Crippen LogP contribution in [0, 0.1) is 11.3 Å². The van der Waals surface area contributed by atoms with Gasteiger partial charge >= 0.3 is 5.97 Å². The zero-order chi connectivity index (χ0) is 21.4. The molecule has 5 rings (SSSR count). The molecule has 3 aromatic rings. The van der Waals surface area contributed by atoms with E-state index in [9.17, 15) is 15.2 Å². The Hall–Kier alpha value is -2.50. The third-order valence-corrected chi connectivity index (χ3v) is 9.19. The molecule has 2 aliphatic heterocycles. The number of benzene rings is 3. The van der Waals surface area contributed by atoms with Crippen LogP contribution in [0.25, 0.3) is 36.1 Å². The SMILES string of the molecule is N#C/C(=C\c1ccc2c(=C3SC=CS3)c3ccccc3c(=C3SC=CS3)c2c1)C(=O)O. The van der Waals surface area contributed by atoms with Crippen LogP contribution in [0.4, 0.5) is 0 Å². The van der Waals surface area contributed by atoms with E-state index in [-0.39, 0.29) is 5.57 Å². The van der Waals surface area contributed by atoms with Crippen molar-refractivity contribution in [1.29, 1.82) is 5.26 Å². The second-order valence-electron chi connectivity index (χ2n) is 6.67. The second-order valence-corrected chi connectivity index (χ2v) is 10.8. The van der Waals surface area contributed by atoms with Crippen LogP contribution in [0.15, 0.2) is 69.7 Å². The lowest BCUT2D eigenvalue weighted by Gasteiger charge is -2.12. The first kappa shape index (κ1) is 20.4. The third-order valence-electron chi connectivity index (χ3n) is 4.93. The molecule has 0 radical (unpaired) electrons. The first-order valence-corrected chi connectivity index (χ1v) is 12.7. The number of fused-ring (bicyclic) bond motifs is 2. The molecule has 0 saturated carbocycles. The second kappa shape index (κ2) is 8.56. The first-order valence-electron chi connectivity index (χ1n) is 9.22. The van der Waals surface area contributed by atoms with Gasteiger partial charge in [0.2, 0.25) is 0 Å². The zero-order valence-corrected chi connectivity index (χ0v) is 19.1.